The van der Waals surface area contributed by atoms with Crippen molar-refractivity contribution in [1.29, 1.82) is 0 Å². The van der Waals surface area contributed by atoms with Crippen LogP contribution in [0.4, 0.5) is 0 Å². The van der Waals surface area contributed by atoms with E-state index in [9.17, 15) is 0 Å². The molecule has 2 aliphatic rings. The average Bonchev–Trinajstić information content (AvgIpc) is 3.37. The Balaban J connectivity index is 1.32. The third-order valence-corrected chi connectivity index (χ3v) is 4.16. The van der Waals surface area contributed by atoms with Gasteiger partial charge < -0.3 is 10.1 Å². The van der Waals surface area contributed by atoms with Crippen molar-refractivity contribution in [2.24, 2.45) is 5.92 Å². The van der Waals surface area contributed by atoms with Crippen molar-refractivity contribution in [3.05, 3.63) is 29.6 Å². The summed E-state index contributed by atoms with van der Waals surface area (Å²) in [6, 6.07) is 5.09. The van der Waals surface area contributed by atoms with Crippen LogP contribution in [0.25, 0.3) is 0 Å². The number of nitrogens with zero attached hydrogens (tertiary/aromatic N) is 2. The van der Waals surface area contributed by atoms with Crippen molar-refractivity contribution in [3.8, 4) is 0 Å². The van der Waals surface area contributed by atoms with E-state index in [-0.39, 0.29) is 0 Å². The first-order valence-electron chi connectivity index (χ1n) is 8.23. The first-order valence-corrected chi connectivity index (χ1v) is 8.23. The second kappa shape index (κ2) is 7.34. The predicted molar refractivity (Wildman–Crippen MR) is 84.0 cm³/mol. The molecule has 1 aromatic rings. The van der Waals surface area contributed by atoms with E-state index in [1.165, 1.54) is 31.2 Å². The van der Waals surface area contributed by atoms with Crippen LogP contribution in [0.3, 0.4) is 0 Å². The summed E-state index contributed by atoms with van der Waals surface area (Å²) in [6.45, 7) is 4.59. The third kappa shape index (κ3) is 5.73. The molecule has 0 atom stereocenters. The maximum absolute atomic E-state index is 5.67. The van der Waals surface area contributed by atoms with Gasteiger partial charge in [-0.25, -0.2) is 0 Å². The van der Waals surface area contributed by atoms with E-state index >= 15 is 0 Å². The van der Waals surface area contributed by atoms with E-state index in [0.717, 1.165) is 50.5 Å². The van der Waals surface area contributed by atoms with E-state index in [4.69, 9.17) is 4.74 Å². The molecule has 0 radical (unpaired) electrons. The van der Waals surface area contributed by atoms with Crippen molar-refractivity contribution in [2.75, 3.05) is 26.8 Å². The number of pyridine rings is 1. The highest BCUT2D eigenvalue weighted by Crippen LogP contribution is 2.28. The highest BCUT2D eigenvalue weighted by atomic mass is 16.5. The van der Waals surface area contributed by atoms with Crippen LogP contribution in [0.5, 0.6) is 0 Å². The second-order valence-corrected chi connectivity index (χ2v) is 6.57. The van der Waals surface area contributed by atoms with Gasteiger partial charge in [0.15, 0.2) is 0 Å². The summed E-state index contributed by atoms with van der Waals surface area (Å²) < 4.78 is 5.67. The molecule has 0 spiro atoms. The molecular weight excluding hydrogens is 262 g/mol. The zero-order chi connectivity index (χ0) is 14.5. The number of ether oxygens (including phenoxy) is 1. The van der Waals surface area contributed by atoms with Crippen LogP contribution in [-0.2, 0) is 17.8 Å². The quantitative estimate of drug-likeness (QED) is 0.670. The standard InChI is InChI=1S/C17H27N3O/c1-20(8-9-21-13-14-2-3-14)12-17-5-4-15(11-19-17)10-18-16-6-7-16/h4-5,11,14,16,18H,2-3,6-10,12-13H2,1H3. The summed E-state index contributed by atoms with van der Waals surface area (Å²) in [5, 5.41) is 3.51. The van der Waals surface area contributed by atoms with Crippen LogP contribution in [-0.4, -0.2) is 42.7 Å². The summed E-state index contributed by atoms with van der Waals surface area (Å²) in [5.74, 6) is 0.855. The molecule has 4 heteroatoms. The molecule has 2 saturated carbocycles. The van der Waals surface area contributed by atoms with Crippen LogP contribution in [0.1, 0.15) is 36.9 Å². The Morgan fingerprint density at radius 1 is 1.29 bits per heavy atom. The maximum Gasteiger partial charge on any atom is 0.0593 e. The van der Waals surface area contributed by atoms with Crippen molar-refractivity contribution in [2.45, 2.75) is 44.8 Å². The van der Waals surface area contributed by atoms with Crippen LogP contribution in [0.2, 0.25) is 0 Å². The number of likely N-dealkylation sites (N-methyl/N-ethyl adjacent to an activating group) is 1. The topological polar surface area (TPSA) is 37.4 Å². The maximum atomic E-state index is 5.67. The highest BCUT2D eigenvalue weighted by molar-refractivity contribution is 5.14. The Morgan fingerprint density at radius 3 is 2.81 bits per heavy atom. The van der Waals surface area contributed by atoms with E-state index in [1.807, 2.05) is 6.20 Å². The smallest absolute Gasteiger partial charge is 0.0593 e. The molecule has 2 fully saturated rings. The molecule has 116 valence electrons. The van der Waals surface area contributed by atoms with Gasteiger partial charge >= 0.3 is 0 Å². The van der Waals surface area contributed by atoms with Crippen LogP contribution in [0.15, 0.2) is 18.3 Å². The van der Waals surface area contributed by atoms with Gasteiger partial charge in [0.25, 0.3) is 0 Å². The summed E-state index contributed by atoms with van der Waals surface area (Å²) in [4.78, 5) is 6.84. The molecule has 1 aromatic heterocycles. The molecule has 1 N–H and O–H groups in total. The zero-order valence-corrected chi connectivity index (χ0v) is 13.1. The summed E-state index contributed by atoms with van der Waals surface area (Å²) in [6.07, 6.45) is 7.39. The summed E-state index contributed by atoms with van der Waals surface area (Å²) in [7, 11) is 2.13. The minimum atomic E-state index is 0.756. The van der Waals surface area contributed by atoms with Gasteiger partial charge in [-0.1, -0.05) is 6.07 Å². The molecule has 0 saturated heterocycles. The van der Waals surface area contributed by atoms with Gasteiger partial charge in [0.2, 0.25) is 0 Å². The number of hydrogen-bond acceptors (Lipinski definition) is 4. The van der Waals surface area contributed by atoms with Gasteiger partial charge in [0.05, 0.1) is 12.3 Å². The number of aromatic nitrogens is 1. The van der Waals surface area contributed by atoms with E-state index in [1.54, 1.807) is 0 Å². The Labute approximate surface area is 127 Å². The van der Waals surface area contributed by atoms with Gasteiger partial charge in [-0.3, -0.25) is 9.88 Å². The molecule has 0 aromatic carbocycles. The van der Waals surface area contributed by atoms with E-state index in [2.05, 4.69) is 34.4 Å². The van der Waals surface area contributed by atoms with Gasteiger partial charge in [-0.15, -0.1) is 0 Å². The van der Waals surface area contributed by atoms with Gasteiger partial charge in [0, 0.05) is 38.5 Å². The van der Waals surface area contributed by atoms with Crippen LogP contribution in [0, 0.1) is 5.92 Å². The first kappa shape index (κ1) is 14.9. The summed E-state index contributed by atoms with van der Waals surface area (Å²) >= 11 is 0. The molecule has 1 heterocycles. The lowest BCUT2D eigenvalue weighted by Crippen LogP contribution is -2.23. The zero-order valence-electron chi connectivity index (χ0n) is 13.1. The second-order valence-electron chi connectivity index (χ2n) is 6.57. The predicted octanol–water partition coefficient (Wildman–Crippen LogP) is 2.19. The number of rotatable bonds is 10. The molecule has 0 amide bonds. The Bertz CT molecular complexity index is 426. The van der Waals surface area contributed by atoms with E-state index < -0.39 is 0 Å². The molecule has 21 heavy (non-hydrogen) atoms. The SMILES string of the molecule is CN(CCOCC1CC1)Cc1ccc(CNC2CC2)cn1. The minimum Gasteiger partial charge on any atom is -0.380 e. The normalized spacial score (nSPS) is 18.4. The number of nitrogens with one attached hydrogen (secondary N) is 1. The fourth-order valence-corrected chi connectivity index (χ4v) is 2.31. The Kier molecular flexibility index (Phi) is 5.22. The molecule has 0 unspecified atom stereocenters. The fourth-order valence-electron chi connectivity index (χ4n) is 2.31. The molecule has 0 aliphatic heterocycles. The monoisotopic (exact) mass is 289 g/mol. The van der Waals surface area contributed by atoms with E-state index in [0.29, 0.717) is 0 Å². The first-order chi connectivity index (χ1) is 10.3. The van der Waals surface area contributed by atoms with Crippen LogP contribution >= 0.6 is 0 Å². The van der Waals surface area contributed by atoms with Gasteiger partial charge in [-0.2, -0.15) is 0 Å². The largest absolute Gasteiger partial charge is 0.380 e. The fraction of sp³-hybridized carbons (Fsp3) is 0.706. The average molecular weight is 289 g/mol. The molecule has 0 bridgehead atoms. The van der Waals surface area contributed by atoms with Crippen molar-refractivity contribution >= 4 is 0 Å². The van der Waals surface area contributed by atoms with Crippen molar-refractivity contribution < 1.29 is 4.74 Å². The molecule has 2 aliphatic carbocycles. The lowest BCUT2D eigenvalue weighted by molar-refractivity contribution is 0.101. The molecule has 4 nitrogen and oxygen atoms in total. The lowest BCUT2D eigenvalue weighted by atomic mass is 10.2. The molecular formula is C17H27N3O. The van der Waals surface area contributed by atoms with Gasteiger partial charge in [0.1, 0.15) is 0 Å². The lowest BCUT2D eigenvalue weighted by Gasteiger charge is -2.16. The van der Waals surface area contributed by atoms with Gasteiger partial charge in [-0.05, 0) is 50.3 Å². The summed E-state index contributed by atoms with van der Waals surface area (Å²) in [5.41, 5.74) is 2.41. The Morgan fingerprint density at radius 2 is 2.14 bits per heavy atom. The van der Waals surface area contributed by atoms with Crippen LogP contribution < -0.4 is 5.32 Å². The van der Waals surface area contributed by atoms with Crippen molar-refractivity contribution in [3.63, 3.8) is 0 Å². The van der Waals surface area contributed by atoms with Crippen molar-refractivity contribution in [1.82, 2.24) is 15.2 Å². The number of hydrogen-bond donors (Lipinski definition) is 1. The Hall–Kier alpha value is -0.970. The molecule has 3 rings (SSSR count). The third-order valence-electron chi connectivity index (χ3n) is 4.16. The minimum absolute atomic E-state index is 0.756. The highest BCUT2D eigenvalue weighted by Gasteiger charge is 2.21.